The second-order valence-electron chi connectivity index (χ2n) is 5.00. The number of hydrogen-bond donors (Lipinski definition) is 2. The maximum absolute atomic E-state index is 5.91. The molecule has 0 saturated carbocycles. The van der Waals surface area contributed by atoms with Gasteiger partial charge in [-0.2, -0.15) is 5.10 Å². The molecule has 5 nitrogen and oxygen atoms in total. The molecule has 2 rings (SSSR count). The molecule has 2 aromatic rings. The third-order valence-corrected chi connectivity index (χ3v) is 3.54. The van der Waals surface area contributed by atoms with Crippen molar-refractivity contribution in [1.82, 2.24) is 9.78 Å². The van der Waals surface area contributed by atoms with Crippen LogP contribution in [0, 0.1) is 20.8 Å². The van der Waals surface area contributed by atoms with E-state index in [1.165, 1.54) is 11.1 Å². The lowest BCUT2D eigenvalue weighted by Crippen LogP contribution is -2.22. The summed E-state index contributed by atoms with van der Waals surface area (Å²) in [6.07, 6.45) is 1.82. The quantitative estimate of drug-likeness (QED) is 0.474. The van der Waals surface area contributed by atoms with E-state index in [4.69, 9.17) is 5.73 Å². The molecular weight excluding hydrogens is 377 g/mol. The lowest BCUT2D eigenvalue weighted by molar-refractivity contribution is 0.737. The summed E-state index contributed by atoms with van der Waals surface area (Å²) in [7, 11) is 1.92. The van der Waals surface area contributed by atoms with Gasteiger partial charge in [-0.05, 0) is 44.0 Å². The first-order valence-corrected chi connectivity index (χ1v) is 6.59. The third kappa shape index (κ3) is 4.45. The number of nitrogens with two attached hydrogens (primary N) is 1. The standard InChI is InChI=1S/C15H21N5.HI/c1-10-5-6-14(7-11(10)2)19-15(16)17-8-13-9-18-20(4)12(13)3;/h5-7,9H,8H2,1-4H3,(H3,16,17,19);1H. The zero-order valence-electron chi connectivity index (χ0n) is 12.8. The van der Waals surface area contributed by atoms with E-state index < -0.39 is 0 Å². The molecule has 0 aliphatic carbocycles. The van der Waals surface area contributed by atoms with Gasteiger partial charge >= 0.3 is 0 Å². The van der Waals surface area contributed by atoms with Crippen molar-refractivity contribution in [3.05, 3.63) is 46.8 Å². The van der Waals surface area contributed by atoms with Crippen LogP contribution >= 0.6 is 24.0 Å². The molecule has 6 heteroatoms. The summed E-state index contributed by atoms with van der Waals surface area (Å²) >= 11 is 0. The van der Waals surface area contributed by atoms with Crippen LogP contribution in [0.4, 0.5) is 5.69 Å². The number of aliphatic imine (C=N–C) groups is 1. The van der Waals surface area contributed by atoms with Gasteiger partial charge in [0.1, 0.15) is 0 Å². The number of nitrogens with one attached hydrogen (secondary N) is 1. The van der Waals surface area contributed by atoms with Gasteiger partial charge in [0, 0.05) is 24.0 Å². The minimum absolute atomic E-state index is 0. The maximum Gasteiger partial charge on any atom is 0.193 e. The Hall–Kier alpha value is -1.57. The van der Waals surface area contributed by atoms with Crippen LogP contribution in [0.25, 0.3) is 0 Å². The first-order valence-electron chi connectivity index (χ1n) is 6.59. The molecule has 3 N–H and O–H groups in total. The number of rotatable bonds is 3. The summed E-state index contributed by atoms with van der Waals surface area (Å²) in [5.41, 5.74) is 11.5. The number of anilines is 1. The summed E-state index contributed by atoms with van der Waals surface area (Å²) in [5.74, 6) is 0.413. The maximum atomic E-state index is 5.91. The molecule has 0 unspecified atom stereocenters. The molecule has 114 valence electrons. The van der Waals surface area contributed by atoms with Crippen LogP contribution in [0.3, 0.4) is 0 Å². The second kappa shape index (κ2) is 7.44. The molecule has 0 radical (unpaired) electrons. The van der Waals surface area contributed by atoms with Crippen molar-refractivity contribution < 1.29 is 0 Å². The van der Waals surface area contributed by atoms with Crippen LogP contribution in [0.15, 0.2) is 29.4 Å². The van der Waals surface area contributed by atoms with E-state index >= 15 is 0 Å². The van der Waals surface area contributed by atoms with Gasteiger partial charge in [0.05, 0.1) is 12.7 Å². The Kier molecular flexibility index (Phi) is 6.19. The van der Waals surface area contributed by atoms with Crippen LogP contribution in [0.2, 0.25) is 0 Å². The largest absolute Gasteiger partial charge is 0.370 e. The zero-order chi connectivity index (χ0) is 14.7. The Labute approximate surface area is 142 Å². The predicted molar refractivity (Wildman–Crippen MR) is 98.2 cm³/mol. The van der Waals surface area contributed by atoms with Crippen molar-refractivity contribution in [2.75, 3.05) is 5.32 Å². The highest BCUT2D eigenvalue weighted by atomic mass is 127. The van der Waals surface area contributed by atoms with Gasteiger partial charge in [-0.25, -0.2) is 4.99 Å². The van der Waals surface area contributed by atoms with Gasteiger partial charge in [0.25, 0.3) is 0 Å². The fraction of sp³-hybridized carbons (Fsp3) is 0.333. The van der Waals surface area contributed by atoms with Crippen LogP contribution in [-0.2, 0) is 13.6 Å². The third-order valence-electron chi connectivity index (χ3n) is 3.54. The van der Waals surface area contributed by atoms with Crippen LogP contribution in [0.1, 0.15) is 22.4 Å². The summed E-state index contributed by atoms with van der Waals surface area (Å²) in [5, 5.41) is 7.29. The molecule has 0 atom stereocenters. The minimum atomic E-state index is 0. The molecule has 0 bridgehead atoms. The van der Waals surface area contributed by atoms with Crippen LogP contribution in [0.5, 0.6) is 0 Å². The number of hydrogen-bond acceptors (Lipinski definition) is 2. The van der Waals surface area contributed by atoms with E-state index in [9.17, 15) is 0 Å². The first kappa shape index (κ1) is 17.5. The zero-order valence-corrected chi connectivity index (χ0v) is 15.2. The molecule has 0 aliphatic rings. The molecule has 0 spiro atoms. The lowest BCUT2D eigenvalue weighted by Gasteiger charge is -2.08. The van der Waals surface area contributed by atoms with E-state index in [0.29, 0.717) is 12.5 Å². The van der Waals surface area contributed by atoms with Gasteiger partial charge < -0.3 is 11.1 Å². The summed E-state index contributed by atoms with van der Waals surface area (Å²) in [4.78, 5) is 4.35. The van der Waals surface area contributed by atoms with Gasteiger partial charge in [-0.1, -0.05) is 6.07 Å². The van der Waals surface area contributed by atoms with Crippen molar-refractivity contribution in [2.24, 2.45) is 17.8 Å². The van der Waals surface area contributed by atoms with Crippen molar-refractivity contribution in [1.29, 1.82) is 0 Å². The van der Waals surface area contributed by atoms with Gasteiger partial charge in [0.2, 0.25) is 0 Å². The average molecular weight is 399 g/mol. The molecule has 21 heavy (non-hydrogen) atoms. The number of halogens is 1. The van der Waals surface area contributed by atoms with Crippen molar-refractivity contribution in [2.45, 2.75) is 27.3 Å². The fourth-order valence-corrected chi connectivity index (χ4v) is 1.88. The Balaban J connectivity index is 0.00000220. The fourth-order valence-electron chi connectivity index (χ4n) is 1.88. The first-order chi connectivity index (χ1) is 9.47. The van der Waals surface area contributed by atoms with E-state index in [1.54, 1.807) is 0 Å². The molecule has 0 aliphatic heterocycles. The van der Waals surface area contributed by atoms with Gasteiger partial charge in [-0.3, -0.25) is 4.68 Å². The number of benzene rings is 1. The number of aryl methyl sites for hydroxylation is 3. The Bertz CT molecular complexity index is 646. The molecule has 0 saturated heterocycles. The topological polar surface area (TPSA) is 68.2 Å². The predicted octanol–water partition coefficient (Wildman–Crippen LogP) is 2.89. The Morgan fingerprint density at radius 3 is 2.57 bits per heavy atom. The average Bonchev–Trinajstić information content (AvgIpc) is 2.72. The van der Waals surface area contributed by atoms with E-state index in [1.807, 2.05) is 30.9 Å². The second-order valence-corrected chi connectivity index (χ2v) is 5.00. The van der Waals surface area contributed by atoms with E-state index in [0.717, 1.165) is 16.9 Å². The molecule has 1 aromatic heterocycles. The van der Waals surface area contributed by atoms with Crippen LogP contribution in [-0.4, -0.2) is 15.7 Å². The molecule has 0 fully saturated rings. The van der Waals surface area contributed by atoms with Gasteiger partial charge in [-0.15, -0.1) is 24.0 Å². The lowest BCUT2D eigenvalue weighted by atomic mass is 10.1. The Morgan fingerprint density at radius 1 is 1.29 bits per heavy atom. The summed E-state index contributed by atoms with van der Waals surface area (Å²) in [6, 6.07) is 6.13. The summed E-state index contributed by atoms with van der Waals surface area (Å²) < 4.78 is 1.83. The van der Waals surface area contributed by atoms with E-state index in [2.05, 4.69) is 41.4 Å². The van der Waals surface area contributed by atoms with Crippen molar-refractivity contribution >= 4 is 35.6 Å². The van der Waals surface area contributed by atoms with Crippen LogP contribution < -0.4 is 11.1 Å². The normalized spacial score (nSPS) is 11.1. The minimum Gasteiger partial charge on any atom is -0.370 e. The van der Waals surface area contributed by atoms with Crippen molar-refractivity contribution in [3.8, 4) is 0 Å². The SMILES string of the molecule is Cc1ccc(NC(N)=NCc2cnn(C)c2C)cc1C.I. The number of guanidine groups is 1. The molecule has 1 aromatic carbocycles. The highest BCUT2D eigenvalue weighted by Crippen LogP contribution is 2.14. The highest BCUT2D eigenvalue weighted by Gasteiger charge is 2.03. The smallest absolute Gasteiger partial charge is 0.193 e. The van der Waals surface area contributed by atoms with Crippen molar-refractivity contribution in [3.63, 3.8) is 0 Å². The molecule has 1 heterocycles. The Morgan fingerprint density at radius 2 is 2.00 bits per heavy atom. The van der Waals surface area contributed by atoms with Gasteiger partial charge in [0.15, 0.2) is 5.96 Å². The summed E-state index contributed by atoms with van der Waals surface area (Å²) in [6.45, 7) is 6.71. The monoisotopic (exact) mass is 399 g/mol. The number of nitrogens with zero attached hydrogens (tertiary/aromatic N) is 3. The molecular formula is C15H22IN5. The van der Waals surface area contributed by atoms with E-state index in [-0.39, 0.29) is 24.0 Å². The molecule has 0 amide bonds. The number of aromatic nitrogens is 2. The highest BCUT2D eigenvalue weighted by molar-refractivity contribution is 14.0.